The van der Waals surface area contributed by atoms with Gasteiger partial charge in [-0.15, -0.1) is 0 Å². The Hall–Kier alpha value is -1.88. The van der Waals surface area contributed by atoms with Crippen molar-refractivity contribution < 1.29 is 14.5 Å². The van der Waals surface area contributed by atoms with Crippen LogP contribution in [0.25, 0.3) is 0 Å². The molecule has 2 amide bonds. The van der Waals surface area contributed by atoms with Gasteiger partial charge in [0.2, 0.25) is 5.91 Å². The Balaban J connectivity index is 1.90. The number of quaternary nitrogens is 1. The molecular formula is C16H24N3O2+. The van der Waals surface area contributed by atoms with Crippen molar-refractivity contribution in [2.45, 2.75) is 26.7 Å². The van der Waals surface area contributed by atoms with Crippen molar-refractivity contribution in [3.63, 3.8) is 0 Å². The summed E-state index contributed by atoms with van der Waals surface area (Å²) >= 11 is 0. The van der Waals surface area contributed by atoms with E-state index in [2.05, 4.69) is 11.4 Å². The third-order valence-corrected chi connectivity index (χ3v) is 3.94. The lowest BCUT2D eigenvalue weighted by molar-refractivity contribution is -0.899. The van der Waals surface area contributed by atoms with Crippen LogP contribution in [0.5, 0.6) is 0 Å². The molecule has 1 unspecified atom stereocenters. The molecule has 1 aliphatic rings. The Labute approximate surface area is 125 Å². The second-order valence-electron chi connectivity index (χ2n) is 6.05. The number of likely N-dealkylation sites (tertiary alicyclic amines) is 1. The number of benzene rings is 1. The van der Waals surface area contributed by atoms with E-state index in [1.807, 2.05) is 26.0 Å². The minimum Gasteiger partial charge on any atom is -0.369 e. The second-order valence-corrected chi connectivity index (χ2v) is 6.05. The van der Waals surface area contributed by atoms with Gasteiger partial charge in [0.15, 0.2) is 6.54 Å². The number of nitrogens with two attached hydrogens (primary N) is 1. The van der Waals surface area contributed by atoms with E-state index in [1.54, 1.807) is 0 Å². The maximum atomic E-state index is 12.1. The summed E-state index contributed by atoms with van der Waals surface area (Å²) in [6, 6.07) is 5.99. The Morgan fingerprint density at radius 3 is 2.57 bits per heavy atom. The molecule has 1 aromatic carbocycles. The van der Waals surface area contributed by atoms with Crippen LogP contribution in [0.1, 0.15) is 24.0 Å². The van der Waals surface area contributed by atoms with Gasteiger partial charge in [-0.05, 0) is 49.9 Å². The average molecular weight is 290 g/mol. The first-order valence-corrected chi connectivity index (χ1v) is 7.45. The molecule has 0 saturated carbocycles. The molecule has 0 spiro atoms. The summed E-state index contributed by atoms with van der Waals surface area (Å²) < 4.78 is 0. The number of rotatable bonds is 4. The van der Waals surface area contributed by atoms with Crippen LogP contribution in [0.15, 0.2) is 18.2 Å². The zero-order chi connectivity index (χ0) is 15.4. The number of anilines is 1. The van der Waals surface area contributed by atoms with Crippen molar-refractivity contribution in [2.24, 2.45) is 11.7 Å². The summed E-state index contributed by atoms with van der Waals surface area (Å²) in [5, 5.41) is 2.94. The minimum absolute atomic E-state index is 0.0138. The highest BCUT2D eigenvalue weighted by molar-refractivity contribution is 5.91. The van der Waals surface area contributed by atoms with Crippen molar-refractivity contribution in [2.75, 3.05) is 25.0 Å². The smallest absolute Gasteiger partial charge is 0.279 e. The second kappa shape index (κ2) is 6.72. The highest BCUT2D eigenvalue weighted by atomic mass is 16.2. The normalized spacial score (nSPS) is 21.8. The van der Waals surface area contributed by atoms with E-state index in [0.717, 1.165) is 41.1 Å². The SMILES string of the molecule is Cc1cc(C)cc(NC(=O)C[NH+]2CCC[C@@H](C(N)=O)C2)c1. The predicted octanol–water partition coefficient (Wildman–Crippen LogP) is 0.0221. The van der Waals surface area contributed by atoms with Gasteiger partial charge in [-0.3, -0.25) is 9.59 Å². The molecule has 5 heteroatoms. The molecule has 1 aliphatic heterocycles. The summed E-state index contributed by atoms with van der Waals surface area (Å²) in [5.41, 5.74) is 8.46. The first-order valence-electron chi connectivity index (χ1n) is 7.45. The third-order valence-electron chi connectivity index (χ3n) is 3.94. The number of primary amides is 1. The van der Waals surface area contributed by atoms with E-state index in [1.165, 1.54) is 0 Å². The van der Waals surface area contributed by atoms with Gasteiger partial charge >= 0.3 is 0 Å². The van der Waals surface area contributed by atoms with Gasteiger partial charge in [0.1, 0.15) is 0 Å². The highest BCUT2D eigenvalue weighted by Crippen LogP contribution is 2.13. The number of hydrogen-bond donors (Lipinski definition) is 3. The maximum absolute atomic E-state index is 12.1. The van der Waals surface area contributed by atoms with E-state index in [-0.39, 0.29) is 17.7 Å². The fraction of sp³-hybridized carbons (Fsp3) is 0.500. The molecule has 1 fully saturated rings. The van der Waals surface area contributed by atoms with Gasteiger partial charge in [-0.1, -0.05) is 6.07 Å². The van der Waals surface area contributed by atoms with Gasteiger partial charge in [0.05, 0.1) is 19.0 Å². The zero-order valence-electron chi connectivity index (χ0n) is 12.7. The molecule has 2 rings (SSSR count). The van der Waals surface area contributed by atoms with Crippen molar-refractivity contribution in [1.29, 1.82) is 0 Å². The van der Waals surface area contributed by atoms with Crippen molar-refractivity contribution in [3.05, 3.63) is 29.3 Å². The summed E-state index contributed by atoms with van der Waals surface area (Å²) in [6.45, 7) is 5.99. The minimum atomic E-state index is -0.248. The topological polar surface area (TPSA) is 76.6 Å². The Bertz CT molecular complexity index is 522. The molecule has 0 aromatic heterocycles. The molecule has 21 heavy (non-hydrogen) atoms. The van der Waals surface area contributed by atoms with Crippen LogP contribution in [0.4, 0.5) is 5.69 Å². The van der Waals surface area contributed by atoms with Crippen molar-refractivity contribution in [1.82, 2.24) is 0 Å². The standard InChI is InChI=1S/C16H23N3O2/c1-11-6-12(2)8-14(7-11)18-15(20)10-19-5-3-4-13(9-19)16(17)21/h6-8,13H,3-5,9-10H2,1-2H3,(H2,17,21)(H,18,20)/p+1/t13-/m1/s1. The highest BCUT2D eigenvalue weighted by Gasteiger charge is 2.28. The number of amides is 2. The molecule has 0 aliphatic carbocycles. The largest absolute Gasteiger partial charge is 0.369 e. The van der Waals surface area contributed by atoms with Crippen LogP contribution in [0.3, 0.4) is 0 Å². The van der Waals surface area contributed by atoms with Gasteiger partial charge in [0.25, 0.3) is 5.91 Å². The molecular weight excluding hydrogens is 266 g/mol. The third kappa shape index (κ3) is 4.56. The number of hydrogen-bond acceptors (Lipinski definition) is 2. The summed E-state index contributed by atoms with van der Waals surface area (Å²) in [6.07, 6.45) is 1.79. The zero-order valence-corrected chi connectivity index (χ0v) is 12.7. The molecule has 114 valence electrons. The molecule has 1 aromatic rings. The monoisotopic (exact) mass is 290 g/mol. The summed E-state index contributed by atoms with van der Waals surface area (Å²) in [5.74, 6) is -0.357. The molecule has 1 heterocycles. The van der Waals surface area contributed by atoms with Gasteiger partial charge in [0, 0.05) is 5.69 Å². The number of nitrogens with one attached hydrogen (secondary N) is 2. The number of carbonyl (C=O) groups excluding carboxylic acids is 2. The summed E-state index contributed by atoms with van der Waals surface area (Å²) in [7, 11) is 0. The van der Waals surface area contributed by atoms with E-state index in [4.69, 9.17) is 5.73 Å². The average Bonchev–Trinajstić information content (AvgIpc) is 2.37. The molecule has 4 N–H and O–H groups in total. The lowest BCUT2D eigenvalue weighted by atomic mass is 9.97. The maximum Gasteiger partial charge on any atom is 0.279 e. The van der Waals surface area contributed by atoms with Crippen molar-refractivity contribution >= 4 is 17.5 Å². The molecule has 1 saturated heterocycles. The van der Waals surface area contributed by atoms with Crippen LogP contribution in [-0.2, 0) is 9.59 Å². The number of carbonyl (C=O) groups is 2. The van der Waals surface area contributed by atoms with Crippen LogP contribution in [0.2, 0.25) is 0 Å². The summed E-state index contributed by atoms with van der Waals surface area (Å²) in [4.78, 5) is 24.5. The van der Waals surface area contributed by atoms with Gasteiger partial charge in [-0.2, -0.15) is 0 Å². The van der Waals surface area contributed by atoms with E-state index in [9.17, 15) is 9.59 Å². The number of aryl methyl sites for hydroxylation is 2. The van der Waals surface area contributed by atoms with E-state index < -0.39 is 0 Å². The quantitative estimate of drug-likeness (QED) is 0.731. The van der Waals surface area contributed by atoms with Crippen LogP contribution in [-0.4, -0.2) is 31.4 Å². The van der Waals surface area contributed by atoms with Gasteiger partial charge in [-0.25, -0.2) is 0 Å². The fourth-order valence-corrected chi connectivity index (χ4v) is 3.03. The Morgan fingerprint density at radius 2 is 1.95 bits per heavy atom. The van der Waals surface area contributed by atoms with E-state index >= 15 is 0 Å². The molecule has 5 nitrogen and oxygen atoms in total. The van der Waals surface area contributed by atoms with Crippen molar-refractivity contribution in [3.8, 4) is 0 Å². The first kappa shape index (κ1) is 15.5. The Morgan fingerprint density at radius 1 is 1.29 bits per heavy atom. The van der Waals surface area contributed by atoms with Crippen LogP contribution >= 0.6 is 0 Å². The lowest BCUT2D eigenvalue weighted by Crippen LogP contribution is -3.14. The number of piperidine rings is 1. The van der Waals surface area contributed by atoms with Crippen LogP contribution in [0, 0.1) is 19.8 Å². The molecule has 0 radical (unpaired) electrons. The molecule has 2 atom stereocenters. The fourth-order valence-electron chi connectivity index (χ4n) is 3.03. The lowest BCUT2D eigenvalue weighted by Gasteiger charge is -2.27. The molecule has 0 bridgehead atoms. The van der Waals surface area contributed by atoms with Crippen LogP contribution < -0.4 is 16.0 Å². The van der Waals surface area contributed by atoms with E-state index in [0.29, 0.717) is 13.1 Å². The van der Waals surface area contributed by atoms with Gasteiger partial charge < -0.3 is 16.0 Å². The first-order chi connectivity index (χ1) is 9.94. The predicted molar refractivity (Wildman–Crippen MR) is 82.0 cm³/mol. The Kier molecular flexibility index (Phi) is 4.96.